The van der Waals surface area contributed by atoms with Gasteiger partial charge in [0.1, 0.15) is 0 Å². The summed E-state index contributed by atoms with van der Waals surface area (Å²) in [5.74, 6) is 1.43. The van der Waals surface area contributed by atoms with Crippen molar-refractivity contribution in [3.8, 4) is 0 Å². The van der Waals surface area contributed by atoms with Crippen molar-refractivity contribution in [2.24, 2.45) is 5.92 Å². The summed E-state index contributed by atoms with van der Waals surface area (Å²) in [5, 5.41) is 0. The molecule has 0 aliphatic carbocycles. The Kier molecular flexibility index (Phi) is 6.17. The monoisotopic (exact) mass is 380 g/mol. The summed E-state index contributed by atoms with van der Waals surface area (Å²) in [7, 11) is 0. The predicted molar refractivity (Wildman–Crippen MR) is 108 cm³/mol. The lowest BCUT2D eigenvalue weighted by Gasteiger charge is -2.32. The number of carbonyl (C=O) groups is 1. The number of anilines is 1. The number of aryl methyl sites for hydroxylation is 1. The molecule has 4 rings (SSSR count). The molecule has 0 spiro atoms. The average molecular weight is 380 g/mol. The lowest BCUT2D eigenvalue weighted by Crippen LogP contribution is -2.39. The molecule has 3 heterocycles. The molecule has 0 bridgehead atoms. The van der Waals surface area contributed by atoms with Crippen LogP contribution in [0, 0.1) is 5.92 Å². The molecule has 0 saturated carbocycles. The van der Waals surface area contributed by atoms with Crippen LogP contribution in [0.4, 0.5) is 5.95 Å². The first-order valence-electron chi connectivity index (χ1n) is 10.3. The zero-order valence-electron chi connectivity index (χ0n) is 16.3. The van der Waals surface area contributed by atoms with Gasteiger partial charge in [0.2, 0.25) is 5.95 Å². The number of hydrogen-bond donors (Lipinski definition) is 0. The molecule has 0 atom stereocenters. The van der Waals surface area contributed by atoms with Gasteiger partial charge in [-0.1, -0.05) is 30.3 Å². The summed E-state index contributed by atoms with van der Waals surface area (Å²) in [5.41, 5.74) is 1.98. The Labute approximate surface area is 166 Å². The van der Waals surface area contributed by atoms with Crippen LogP contribution in [0.15, 0.2) is 42.7 Å². The van der Waals surface area contributed by atoms with Gasteiger partial charge in [-0.05, 0) is 37.2 Å². The van der Waals surface area contributed by atoms with E-state index in [1.54, 1.807) is 12.4 Å². The number of likely N-dealkylation sites (tertiary alicyclic amines) is 1. The van der Waals surface area contributed by atoms with Crippen molar-refractivity contribution in [3.63, 3.8) is 0 Å². The van der Waals surface area contributed by atoms with E-state index in [2.05, 4.69) is 45.2 Å². The minimum absolute atomic E-state index is 0.0510. The molecule has 2 fully saturated rings. The van der Waals surface area contributed by atoms with E-state index in [0.717, 1.165) is 45.4 Å². The molecular weight excluding hydrogens is 352 g/mol. The van der Waals surface area contributed by atoms with Crippen molar-refractivity contribution in [1.29, 1.82) is 0 Å². The molecule has 0 N–H and O–H groups in total. The highest BCUT2D eigenvalue weighted by molar-refractivity contribution is 5.93. The molecule has 1 aromatic carbocycles. The van der Waals surface area contributed by atoms with Crippen LogP contribution in [0.1, 0.15) is 35.2 Å². The van der Waals surface area contributed by atoms with Gasteiger partial charge in [-0.3, -0.25) is 4.79 Å². The average Bonchev–Trinajstić information content (AvgIpc) is 2.79. The Morgan fingerprint density at radius 1 is 1.00 bits per heavy atom. The first kappa shape index (κ1) is 18.9. The van der Waals surface area contributed by atoms with Crippen molar-refractivity contribution in [3.05, 3.63) is 53.9 Å². The molecule has 148 valence electrons. The minimum atomic E-state index is 0.0510. The SMILES string of the molecule is O=C(c1cnc(N2CCOCC2)nc1)N1CCC(CCc2ccccc2)CC1. The molecule has 2 aromatic rings. The van der Waals surface area contributed by atoms with E-state index in [9.17, 15) is 4.79 Å². The Morgan fingerprint density at radius 3 is 2.36 bits per heavy atom. The van der Waals surface area contributed by atoms with Gasteiger partial charge in [-0.25, -0.2) is 9.97 Å². The summed E-state index contributed by atoms with van der Waals surface area (Å²) in [6, 6.07) is 10.6. The van der Waals surface area contributed by atoms with Crippen LogP contribution in [-0.2, 0) is 11.2 Å². The van der Waals surface area contributed by atoms with E-state index in [-0.39, 0.29) is 5.91 Å². The summed E-state index contributed by atoms with van der Waals surface area (Å²) < 4.78 is 5.36. The summed E-state index contributed by atoms with van der Waals surface area (Å²) >= 11 is 0. The van der Waals surface area contributed by atoms with Crippen molar-refractivity contribution in [2.45, 2.75) is 25.7 Å². The largest absolute Gasteiger partial charge is 0.378 e. The second-order valence-corrected chi connectivity index (χ2v) is 7.63. The van der Waals surface area contributed by atoms with Crippen molar-refractivity contribution in [1.82, 2.24) is 14.9 Å². The maximum atomic E-state index is 12.8. The van der Waals surface area contributed by atoms with Crippen LogP contribution in [0.25, 0.3) is 0 Å². The van der Waals surface area contributed by atoms with Crippen LogP contribution in [-0.4, -0.2) is 60.2 Å². The van der Waals surface area contributed by atoms with Gasteiger partial charge in [-0.2, -0.15) is 0 Å². The van der Waals surface area contributed by atoms with Gasteiger partial charge in [0.15, 0.2) is 0 Å². The Hall–Kier alpha value is -2.47. The third-order valence-electron chi connectivity index (χ3n) is 5.76. The lowest BCUT2D eigenvalue weighted by molar-refractivity contribution is 0.0686. The first-order valence-corrected chi connectivity index (χ1v) is 10.3. The summed E-state index contributed by atoms with van der Waals surface area (Å²) in [6.45, 7) is 4.63. The Morgan fingerprint density at radius 2 is 1.68 bits per heavy atom. The molecule has 28 heavy (non-hydrogen) atoms. The Balaban J connectivity index is 1.26. The van der Waals surface area contributed by atoms with Crippen LogP contribution >= 0.6 is 0 Å². The van der Waals surface area contributed by atoms with Crippen LogP contribution < -0.4 is 4.90 Å². The predicted octanol–water partition coefficient (Wildman–Crippen LogP) is 2.80. The van der Waals surface area contributed by atoms with Crippen LogP contribution in [0.5, 0.6) is 0 Å². The summed E-state index contributed by atoms with van der Waals surface area (Å²) in [6.07, 6.45) is 7.81. The fraction of sp³-hybridized carbons (Fsp3) is 0.500. The number of piperidine rings is 1. The van der Waals surface area contributed by atoms with Gasteiger partial charge < -0.3 is 14.5 Å². The van der Waals surface area contributed by atoms with Crippen LogP contribution in [0.2, 0.25) is 0 Å². The molecule has 2 saturated heterocycles. The standard InChI is InChI=1S/C22H28N4O2/c27-21(20-16-23-22(24-17-20)26-12-14-28-15-13-26)25-10-8-19(9-11-25)7-6-18-4-2-1-3-5-18/h1-5,16-17,19H,6-15H2. The van der Waals surface area contributed by atoms with Gasteiger partial charge in [-0.15, -0.1) is 0 Å². The maximum absolute atomic E-state index is 12.8. The second kappa shape index (κ2) is 9.15. The molecule has 1 aromatic heterocycles. The van der Waals surface area contributed by atoms with E-state index in [0.29, 0.717) is 30.6 Å². The number of amides is 1. The fourth-order valence-electron chi connectivity index (χ4n) is 3.98. The number of aromatic nitrogens is 2. The highest BCUT2D eigenvalue weighted by Crippen LogP contribution is 2.23. The maximum Gasteiger partial charge on any atom is 0.256 e. The van der Waals surface area contributed by atoms with Crippen molar-refractivity contribution >= 4 is 11.9 Å². The van der Waals surface area contributed by atoms with Gasteiger partial charge in [0.25, 0.3) is 5.91 Å². The fourth-order valence-corrected chi connectivity index (χ4v) is 3.98. The minimum Gasteiger partial charge on any atom is -0.378 e. The third kappa shape index (κ3) is 4.68. The van der Waals surface area contributed by atoms with E-state index in [1.807, 2.05) is 4.90 Å². The molecule has 6 nitrogen and oxygen atoms in total. The third-order valence-corrected chi connectivity index (χ3v) is 5.76. The molecule has 2 aliphatic heterocycles. The molecule has 0 radical (unpaired) electrons. The van der Waals surface area contributed by atoms with Gasteiger partial charge in [0, 0.05) is 38.6 Å². The zero-order chi connectivity index (χ0) is 19.2. The molecule has 1 amide bonds. The number of benzene rings is 1. The quantitative estimate of drug-likeness (QED) is 0.798. The molecule has 6 heteroatoms. The van der Waals surface area contributed by atoms with Crippen LogP contribution in [0.3, 0.4) is 0 Å². The smallest absolute Gasteiger partial charge is 0.256 e. The van der Waals surface area contributed by atoms with Crippen molar-refractivity contribution in [2.75, 3.05) is 44.3 Å². The van der Waals surface area contributed by atoms with Gasteiger partial charge >= 0.3 is 0 Å². The van der Waals surface area contributed by atoms with Gasteiger partial charge in [0.05, 0.1) is 18.8 Å². The number of ether oxygens (including phenoxy) is 1. The normalized spacial score (nSPS) is 18.3. The molecule has 0 unspecified atom stereocenters. The van der Waals surface area contributed by atoms with E-state index < -0.39 is 0 Å². The van der Waals surface area contributed by atoms with Crippen molar-refractivity contribution < 1.29 is 9.53 Å². The highest BCUT2D eigenvalue weighted by atomic mass is 16.5. The Bertz CT molecular complexity index is 752. The summed E-state index contributed by atoms with van der Waals surface area (Å²) in [4.78, 5) is 25.6. The van der Waals surface area contributed by atoms with E-state index >= 15 is 0 Å². The number of rotatable bonds is 5. The molecule has 2 aliphatic rings. The topological polar surface area (TPSA) is 58.6 Å². The number of morpholine rings is 1. The lowest BCUT2D eigenvalue weighted by atomic mass is 9.90. The number of hydrogen-bond acceptors (Lipinski definition) is 5. The highest BCUT2D eigenvalue weighted by Gasteiger charge is 2.24. The number of carbonyl (C=O) groups excluding carboxylic acids is 1. The first-order chi connectivity index (χ1) is 13.8. The second-order valence-electron chi connectivity index (χ2n) is 7.63. The van der Waals surface area contributed by atoms with E-state index in [4.69, 9.17) is 4.74 Å². The molecular formula is C22H28N4O2. The zero-order valence-corrected chi connectivity index (χ0v) is 16.3. The number of nitrogens with zero attached hydrogens (tertiary/aromatic N) is 4. The van der Waals surface area contributed by atoms with E-state index in [1.165, 1.54) is 12.0 Å².